The smallest absolute Gasteiger partial charge is 0.229 e. The molecule has 0 saturated carbocycles. The average molecular weight is 543 g/mol. The van der Waals surface area contributed by atoms with E-state index in [4.69, 9.17) is 23.4 Å². The van der Waals surface area contributed by atoms with Gasteiger partial charge < -0.3 is 59.1 Å². The molecule has 2 fully saturated rings. The van der Waals surface area contributed by atoms with Crippen LogP contribution >= 0.6 is 0 Å². The number of aryl methyl sites for hydroxylation is 1. The molecule has 0 spiro atoms. The van der Waals surface area contributed by atoms with Crippen LogP contribution in [0.5, 0.6) is 5.75 Å². The maximum absolute atomic E-state index is 12.7. The predicted octanol–water partition coefficient (Wildman–Crippen LogP) is -1.94. The van der Waals surface area contributed by atoms with Gasteiger partial charge in [-0.15, -0.1) is 0 Å². The standard InChI is InChI=1S/C25H34O13/c1-9-4-12(7-15-17(9)14(28)6-13(35-15)5-10(2)27)36-25-23(21(32)19(30)16(8-26)37-25)38-24-22(33)20(31)18(29)11(3)34-24/h4,6-7,10-11,16,18-27,29-33H,5,8H2,1-3H3/t10-,11+,16+,18-,19+,20-,21-,22+,23+,24-,25+/m0/s1. The van der Waals surface area contributed by atoms with E-state index in [2.05, 4.69) is 0 Å². The molecule has 0 unspecified atom stereocenters. The van der Waals surface area contributed by atoms with Crippen LogP contribution in [0.3, 0.4) is 0 Å². The van der Waals surface area contributed by atoms with Gasteiger partial charge in [-0.25, -0.2) is 0 Å². The molecular weight excluding hydrogens is 508 g/mol. The first-order valence-electron chi connectivity index (χ1n) is 12.3. The Morgan fingerprint density at radius 2 is 1.66 bits per heavy atom. The molecule has 3 heterocycles. The maximum atomic E-state index is 12.7. The molecule has 1 aromatic heterocycles. The summed E-state index contributed by atoms with van der Waals surface area (Å²) in [6, 6.07) is 4.24. The van der Waals surface area contributed by atoms with Gasteiger partial charge >= 0.3 is 0 Å². The Morgan fingerprint density at radius 3 is 2.32 bits per heavy atom. The molecule has 212 valence electrons. The molecular formula is C25H34O13. The highest BCUT2D eigenvalue weighted by molar-refractivity contribution is 5.81. The van der Waals surface area contributed by atoms with Crippen molar-refractivity contribution in [3.8, 4) is 5.75 Å². The molecule has 38 heavy (non-hydrogen) atoms. The summed E-state index contributed by atoms with van der Waals surface area (Å²) in [6.45, 7) is 4.00. The van der Waals surface area contributed by atoms with Gasteiger partial charge in [-0.05, 0) is 32.4 Å². The number of rotatable bonds is 7. The van der Waals surface area contributed by atoms with E-state index >= 15 is 0 Å². The van der Waals surface area contributed by atoms with Crippen LogP contribution in [0.2, 0.25) is 0 Å². The lowest BCUT2D eigenvalue weighted by atomic mass is 9.97. The second kappa shape index (κ2) is 11.5. The highest BCUT2D eigenvalue weighted by Crippen LogP contribution is 2.32. The predicted molar refractivity (Wildman–Crippen MR) is 128 cm³/mol. The molecule has 1 aromatic carbocycles. The van der Waals surface area contributed by atoms with Gasteiger partial charge in [-0.3, -0.25) is 4.79 Å². The average Bonchev–Trinajstić information content (AvgIpc) is 2.84. The van der Waals surface area contributed by atoms with Crippen LogP contribution in [0, 0.1) is 6.92 Å². The molecule has 2 saturated heterocycles. The Bertz CT molecular complexity index is 1170. The molecule has 11 atom stereocenters. The second-order valence-electron chi connectivity index (χ2n) is 9.85. The number of benzene rings is 1. The molecule has 0 amide bonds. The van der Waals surface area contributed by atoms with Crippen molar-refractivity contribution in [1.82, 2.24) is 0 Å². The lowest BCUT2D eigenvalue weighted by Crippen LogP contribution is -2.64. The van der Waals surface area contributed by atoms with Crippen molar-refractivity contribution in [2.45, 2.75) is 94.7 Å². The van der Waals surface area contributed by atoms with E-state index in [1.165, 1.54) is 25.1 Å². The number of hydrogen-bond acceptors (Lipinski definition) is 13. The molecule has 0 bridgehead atoms. The third-order valence-electron chi connectivity index (χ3n) is 6.73. The molecule has 13 heteroatoms. The third-order valence-corrected chi connectivity index (χ3v) is 6.73. The normalized spacial score (nSPS) is 36.8. The number of aliphatic hydroxyl groups excluding tert-OH is 7. The van der Waals surface area contributed by atoms with Crippen LogP contribution in [0.1, 0.15) is 25.2 Å². The molecule has 0 radical (unpaired) electrons. The van der Waals surface area contributed by atoms with Gasteiger partial charge in [-0.2, -0.15) is 0 Å². The van der Waals surface area contributed by atoms with Crippen LogP contribution in [0.4, 0.5) is 0 Å². The largest absolute Gasteiger partial charge is 0.462 e. The lowest BCUT2D eigenvalue weighted by molar-refractivity contribution is -0.354. The van der Waals surface area contributed by atoms with Crippen molar-refractivity contribution in [3.05, 3.63) is 39.7 Å². The quantitative estimate of drug-likeness (QED) is 0.203. The van der Waals surface area contributed by atoms with Crippen molar-refractivity contribution in [2.75, 3.05) is 6.61 Å². The van der Waals surface area contributed by atoms with E-state index in [-0.39, 0.29) is 28.9 Å². The minimum absolute atomic E-state index is 0.113. The summed E-state index contributed by atoms with van der Waals surface area (Å²) in [7, 11) is 0. The van der Waals surface area contributed by atoms with E-state index < -0.39 is 74.1 Å². The van der Waals surface area contributed by atoms with E-state index in [9.17, 15) is 40.5 Å². The summed E-state index contributed by atoms with van der Waals surface area (Å²) in [6.07, 6.45) is -15.3. The van der Waals surface area contributed by atoms with Gasteiger partial charge in [-0.1, -0.05) is 0 Å². The fourth-order valence-electron chi connectivity index (χ4n) is 4.68. The van der Waals surface area contributed by atoms with Crippen LogP contribution in [0.25, 0.3) is 11.0 Å². The van der Waals surface area contributed by atoms with Crippen molar-refractivity contribution >= 4 is 11.0 Å². The molecule has 13 nitrogen and oxygen atoms in total. The van der Waals surface area contributed by atoms with Gasteiger partial charge in [0.2, 0.25) is 6.29 Å². The topological polar surface area (TPSA) is 209 Å². The van der Waals surface area contributed by atoms with Gasteiger partial charge in [0.05, 0.1) is 24.2 Å². The Labute approximate surface area is 217 Å². The summed E-state index contributed by atoms with van der Waals surface area (Å²) in [5, 5.41) is 71.3. The number of fused-ring (bicyclic) bond motifs is 1. The Balaban J connectivity index is 1.65. The summed E-state index contributed by atoms with van der Waals surface area (Å²) >= 11 is 0. The van der Waals surface area contributed by atoms with Gasteiger partial charge in [0.15, 0.2) is 17.8 Å². The van der Waals surface area contributed by atoms with Crippen molar-refractivity contribution in [1.29, 1.82) is 0 Å². The Kier molecular flexibility index (Phi) is 8.74. The molecule has 2 aliphatic rings. The summed E-state index contributed by atoms with van der Waals surface area (Å²) < 4.78 is 28.5. The third kappa shape index (κ3) is 5.72. The van der Waals surface area contributed by atoms with Gasteiger partial charge in [0, 0.05) is 18.6 Å². The first-order chi connectivity index (χ1) is 17.9. The van der Waals surface area contributed by atoms with E-state index in [0.29, 0.717) is 10.9 Å². The minimum Gasteiger partial charge on any atom is -0.462 e. The fraction of sp³-hybridized carbons (Fsp3) is 0.640. The number of hydrogen-bond donors (Lipinski definition) is 7. The van der Waals surface area contributed by atoms with Crippen LogP contribution in [-0.2, 0) is 20.6 Å². The van der Waals surface area contributed by atoms with Crippen molar-refractivity contribution in [2.24, 2.45) is 0 Å². The first-order valence-corrected chi connectivity index (χ1v) is 12.3. The number of ether oxygens (including phenoxy) is 4. The Hall–Kier alpha value is -2.17. The summed E-state index contributed by atoms with van der Waals surface area (Å²) in [5.41, 5.74) is 0.366. The van der Waals surface area contributed by atoms with Crippen LogP contribution < -0.4 is 10.2 Å². The monoisotopic (exact) mass is 542 g/mol. The van der Waals surface area contributed by atoms with Crippen LogP contribution in [0.15, 0.2) is 27.4 Å². The van der Waals surface area contributed by atoms with E-state index in [1.54, 1.807) is 13.8 Å². The zero-order valence-electron chi connectivity index (χ0n) is 21.1. The molecule has 4 rings (SSSR count). The van der Waals surface area contributed by atoms with Crippen molar-refractivity contribution in [3.63, 3.8) is 0 Å². The van der Waals surface area contributed by atoms with Crippen molar-refractivity contribution < 1.29 is 59.1 Å². The van der Waals surface area contributed by atoms with E-state index in [1.807, 2.05) is 0 Å². The molecule has 2 aliphatic heterocycles. The SMILES string of the molecule is Cc1cc(O[C@@H]2O[C@H](CO)[C@@H](O)[C@H](O)[C@H]2O[C@@H]2O[C@H](C)[C@H](O)[C@H](O)[C@H]2O)cc2oc(C[C@H](C)O)cc(=O)c12. The molecule has 0 aliphatic carbocycles. The van der Waals surface area contributed by atoms with E-state index in [0.717, 1.165) is 0 Å². The summed E-state index contributed by atoms with van der Waals surface area (Å²) in [4.78, 5) is 12.7. The highest BCUT2D eigenvalue weighted by atomic mass is 16.8. The molecule has 7 N–H and O–H groups in total. The zero-order valence-corrected chi connectivity index (χ0v) is 21.1. The highest BCUT2D eigenvalue weighted by Gasteiger charge is 2.50. The zero-order chi connectivity index (χ0) is 27.9. The second-order valence-corrected chi connectivity index (χ2v) is 9.85. The fourth-order valence-corrected chi connectivity index (χ4v) is 4.68. The summed E-state index contributed by atoms with van der Waals surface area (Å²) in [5.74, 6) is 0.390. The maximum Gasteiger partial charge on any atom is 0.229 e. The first kappa shape index (κ1) is 28.8. The minimum atomic E-state index is -1.70. The van der Waals surface area contributed by atoms with Crippen LogP contribution in [-0.4, -0.2) is 110 Å². The number of aliphatic hydroxyl groups is 7. The van der Waals surface area contributed by atoms with Gasteiger partial charge in [0.25, 0.3) is 0 Å². The molecule has 2 aromatic rings. The Morgan fingerprint density at radius 1 is 0.947 bits per heavy atom. The lowest BCUT2D eigenvalue weighted by Gasteiger charge is -2.45. The van der Waals surface area contributed by atoms with Gasteiger partial charge in [0.1, 0.15) is 53.7 Å².